The van der Waals surface area contributed by atoms with E-state index in [1.165, 1.54) is 18.4 Å². The first-order valence-corrected chi connectivity index (χ1v) is 7.33. The number of benzene rings is 1. The highest BCUT2D eigenvalue weighted by Crippen LogP contribution is 2.13. The van der Waals surface area contributed by atoms with Crippen LogP contribution < -0.4 is 0 Å². The maximum atomic E-state index is 11.7. The number of hydrogen-bond donors (Lipinski definition) is 0. The number of ether oxygens (including phenoxy) is 1. The average Bonchev–Trinajstić information content (AvgIpc) is 2.38. The summed E-state index contributed by atoms with van der Waals surface area (Å²) in [5.41, 5.74) is 2.08. The van der Waals surface area contributed by atoms with E-state index in [1.54, 1.807) is 7.11 Å². The van der Waals surface area contributed by atoms with E-state index in [0.717, 1.165) is 25.0 Å². The molecule has 0 spiro atoms. The molecule has 0 N–H and O–H groups in total. The summed E-state index contributed by atoms with van der Waals surface area (Å²) < 4.78 is 5.02. The van der Waals surface area contributed by atoms with Crippen LogP contribution in [-0.4, -0.2) is 24.3 Å². The molecule has 0 heterocycles. The second kappa shape index (κ2) is 8.44. The van der Waals surface area contributed by atoms with Crippen LogP contribution in [0.4, 0.5) is 0 Å². The topological polar surface area (TPSA) is 26.3 Å². The van der Waals surface area contributed by atoms with Gasteiger partial charge in [-0.2, -0.15) is 0 Å². The van der Waals surface area contributed by atoms with Crippen molar-refractivity contribution in [2.75, 3.05) is 13.7 Å². The van der Waals surface area contributed by atoms with E-state index in [1.807, 2.05) is 19.1 Å². The predicted molar refractivity (Wildman–Crippen MR) is 78.6 cm³/mol. The maximum Gasteiger partial charge on any atom is 0.176 e. The zero-order valence-corrected chi connectivity index (χ0v) is 12.7. The molecule has 0 bridgehead atoms. The summed E-state index contributed by atoms with van der Waals surface area (Å²) >= 11 is 3.30. The third-order valence-corrected chi connectivity index (χ3v) is 3.33. The van der Waals surface area contributed by atoms with Crippen LogP contribution in [0.15, 0.2) is 24.3 Å². The van der Waals surface area contributed by atoms with Crippen molar-refractivity contribution in [3.63, 3.8) is 0 Å². The highest BCUT2D eigenvalue weighted by atomic mass is 79.9. The Hall–Kier alpha value is -0.670. The summed E-state index contributed by atoms with van der Waals surface area (Å²) in [6.07, 6.45) is 4.55. The molecule has 1 atom stereocenters. The number of methoxy groups -OCH3 is 1. The Morgan fingerprint density at radius 3 is 2.44 bits per heavy atom. The SMILES string of the molecule is COCCCCCc1ccc(C(=O)C(C)Br)cc1. The standard InChI is InChI=1S/C15H21BrO2/c1-12(16)15(17)14-9-7-13(8-10-14)6-4-3-5-11-18-2/h7-10,12H,3-6,11H2,1-2H3. The second-order valence-electron chi connectivity index (χ2n) is 4.48. The van der Waals surface area contributed by atoms with E-state index < -0.39 is 0 Å². The summed E-state index contributed by atoms with van der Waals surface area (Å²) in [5, 5.41) is 0. The van der Waals surface area contributed by atoms with Crippen LogP contribution >= 0.6 is 15.9 Å². The Balaban J connectivity index is 2.38. The van der Waals surface area contributed by atoms with Crippen molar-refractivity contribution in [2.45, 2.75) is 37.4 Å². The highest BCUT2D eigenvalue weighted by Gasteiger charge is 2.10. The number of ketones is 1. The summed E-state index contributed by atoms with van der Waals surface area (Å²) in [5.74, 6) is 0.140. The molecule has 0 aromatic heterocycles. The maximum absolute atomic E-state index is 11.7. The molecule has 0 aliphatic carbocycles. The number of carbonyl (C=O) groups is 1. The minimum absolute atomic E-state index is 0.114. The van der Waals surface area contributed by atoms with Gasteiger partial charge in [-0.15, -0.1) is 0 Å². The van der Waals surface area contributed by atoms with Gasteiger partial charge in [0.15, 0.2) is 5.78 Å². The Bertz CT molecular complexity index is 357. The number of alkyl halides is 1. The van der Waals surface area contributed by atoms with Crippen LogP contribution in [0.2, 0.25) is 0 Å². The summed E-state index contributed by atoms with van der Waals surface area (Å²) in [7, 11) is 1.74. The monoisotopic (exact) mass is 312 g/mol. The minimum Gasteiger partial charge on any atom is -0.385 e. The van der Waals surface area contributed by atoms with Gasteiger partial charge in [-0.3, -0.25) is 4.79 Å². The molecule has 0 saturated carbocycles. The number of Topliss-reactive ketones (excluding diaryl/α,β-unsaturated/α-hetero) is 1. The molecular formula is C15H21BrO2. The second-order valence-corrected chi connectivity index (χ2v) is 5.85. The van der Waals surface area contributed by atoms with Crippen LogP contribution in [0, 0.1) is 0 Å². The molecule has 0 radical (unpaired) electrons. The number of carbonyl (C=O) groups excluding carboxylic acids is 1. The molecule has 18 heavy (non-hydrogen) atoms. The molecule has 1 aromatic carbocycles. The van der Waals surface area contributed by atoms with Crippen LogP contribution in [0.5, 0.6) is 0 Å². The summed E-state index contributed by atoms with van der Waals surface area (Å²) in [6.45, 7) is 2.70. The molecule has 0 aliphatic heterocycles. The third-order valence-electron chi connectivity index (χ3n) is 2.91. The largest absolute Gasteiger partial charge is 0.385 e. The molecule has 100 valence electrons. The van der Waals surface area contributed by atoms with E-state index in [4.69, 9.17) is 4.74 Å². The number of aryl methyl sites for hydroxylation is 1. The van der Waals surface area contributed by atoms with Gasteiger partial charge in [0, 0.05) is 19.3 Å². The van der Waals surface area contributed by atoms with E-state index in [0.29, 0.717) is 0 Å². The number of halogens is 1. The Morgan fingerprint density at radius 1 is 1.22 bits per heavy atom. The fourth-order valence-electron chi connectivity index (χ4n) is 1.82. The molecule has 1 aromatic rings. The van der Waals surface area contributed by atoms with Gasteiger partial charge in [-0.05, 0) is 31.7 Å². The van der Waals surface area contributed by atoms with E-state index >= 15 is 0 Å². The van der Waals surface area contributed by atoms with Crippen molar-refractivity contribution in [3.8, 4) is 0 Å². The Morgan fingerprint density at radius 2 is 1.89 bits per heavy atom. The van der Waals surface area contributed by atoms with Crippen molar-refractivity contribution in [3.05, 3.63) is 35.4 Å². The lowest BCUT2D eigenvalue weighted by atomic mass is 10.0. The van der Waals surface area contributed by atoms with Crippen molar-refractivity contribution < 1.29 is 9.53 Å². The summed E-state index contributed by atoms with van der Waals surface area (Å²) in [4.78, 5) is 11.6. The normalized spacial score (nSPS) is 12.4. The molecular weight excluding hydrogens is 292 g/mol. The van der Waals surface area contributed by atoms with Gasteiger partial charge >= 0.3 is 0 Å². The minimum atomic E-state index is -0.114. The van der Waals surface area contributed by atoms with Crippen LogP contribution in [-0.2, 0) is 11.2 Å². The lowest BCUT2D eigenvalue weighted by molar-refractivity contribution is 0.0996. The molecule has 0 saturated heterocycles. The summed E-state index contributed by atoms with van der Waals surface area (Å²) in [6, 6.07) is 7.95. The molecule has 0 aliphatic rings. The quantitative estimate of drug-likeness (QED) is 0.412. The third kappa shape index (κ3) is 5.32. The molecule has 0 amide bonds. The van der Waals surface area contributed by atoms with Gasteiger partial charge in [-0.25, -0.2) is 0 Å². The first-order chi connectivity index (χ1) is 8.65. The van der Waals surface area contributed by atoms with E-state index in [-0.39, 0.29) is 10.6 Å². The number of hydrogen-bond acceptors (Lipinski definition) is 2. The fourth-order valence-corrected chi connectivity index (χ4v) is 2.08. The van der Waals surface area contributed by atoms with Gasteiger partial charge in [0.25, 0.3) is 0 Å². The predicted octanol–water partition coefficient (Wildman–Crippen LogP) is 4.01. The lowest BCUT2D eigenvalue weighted by Gasteiger charge is -2.05. The zero-order valence-electron chi connectivity index (χ0n) is 11.1. The molecule has 3 heteroatoms. The first kappa shape index (κ1) is 15.4. The van der Waals surface area contributed by atoms with Crippen LogP contribution in [0.3, 0.4) is 0 Å². The van der Waals surface area contributed by atoms with Gasteiger partial charge < -0.3 is 4.74 Å². The van der Waals surface area contributed by atoms with Crippen molar-refractivity contribution in [2.24, 2.45) is 0 Å². The Labute approximate surface area is 118 Å². The average molecular weight is 313 g/mol. The number of unbranched alkanes of at least 4 members (excludes halogenated alkanes) is 2. The van der Waals surface area contributed by atoms with Gasteiger partial charge in [-0.1, -0.05) is 46.6 Å². The first-order valence-electron chi connectivity index (χ1n) is 6.41. The van der Waals surface area contributed by atoms with Crippen molar-refractivity contribution in [1.82, 2.24) is 0 Å². The fraction of sp³-hybridized carbons (Fsp3) is 0.533. The van der Waals surface area contributed by atoms with Crippen LogP contribution in [0.1, 0.15) is 42.1 Å². The van der Waals surface area contributed by atoms with Gasteiger partial charge in [0.1, 0.15) is 0 Å². The van der Waals surface area contributed by atoms with Gasteiger partial charge in [0.2, 0.25) is 0 Å². The molecule has 2 nitrogen and oxygen atoms in total. The Kier molecular flexibility index (Phi) is 7.21. The zero-order chi connectivity index (χ0) is 13.4. The molecule has 1 rings (SSSR count). The lowest BCUT2D eigenvalue weighted by Crippen LogP contribution is -2.09. The molecule has 1 unspecified atom stereocenters. The highest BCUT2D eigenvalue weighted by molar-refractivity contribution is 9.10. The van der Waals surface area contributed by atoms with E-state index in [2.05, 4.69) is 28.1 Å². The van der Waals surface area contributed by atoms with E-state index in [9.17, 15) is 4.79 Å². The van der Waals surface area contributed by atoms with Crippen molar-refractivity contribution >= 4 is 21.7 Å². The smallest absolute Gasteiger partial charge is 0.176 e. The van der Waals surface area contributed by atoms with Gasteiger partial charge in [0.05, 0.1) is 4.83 Å². The number of rotatable bonds is 8. The van der Waals surface area contributed by atoms with Crippen molar-refractivity contribution in [1.29, 1.82) is 0 Å². The molecule has 0 fully saturated rings. The van der Waals surface area contributed by atoms with Crippen LogP contribution in [0.25, 0.3) is 0 Å².